The third-order valence-corrected chi connectivity index (χ3v) is 3.31. The number of aliphatic carboxylic acids is 1. The van der Waals surface area contributed by atoms with Crippen molar-refractivity contribution in [2.75, 3.05) is 13.6 Å². The fraction of sp³-hybridized carbons (Fsp3) is 0.286. The highest BCUT2D eigenvalue weighted by atomic mass is 35.5. The molecule has 1 N–H and O–H groups in total. The van der Waals surface area contributed by atoms with Crippen LogP contribution in [-0.2, 0) is 11.3 Å². The van der Waals surface area contributed by atoms with Gasteiger partial charge in [0, 0.05) is 35.3 Å². The lowest BCUT2D eigenvalue weighted by molar-refractivity contribution is -0.137. The largest absolute Gasteiger partial charge is 0.481 e. The summed E-state index contributed by atoms with van der Waals surface area (Å²) >= 11 is 6.23. The van der Waals surface area contributed by atoms with Gasteiger partial charge in [0.2, 0.25) is 0 Å². The molecule has 0 amide bonds. The van der Waals surface area contributed by atoms with Gasteiger partial charge in [0.1, 0.15) is 0 Å². The number of benzene rings is 1. The first-order chi connectivity index (χ1) is 9.08. The molecular formula is C14H15ClN2O2. The first-order valence-electron chi connectivity index (χ1n) is 6.00. The van der Waals surface area contributed by atoms with E-state index in [4.69, 9.17) is 16.7 Å². The van der Waals surface area contributed by atoms with Crippen LogP contribution in [-0.4, -0.2) is 34.6 Å². The zero-order chi connectivity index (χ0) is 13.8. The maximum Gasteiger partial charge on any atom is 0.304 e. The minimum atomic E-state index is -0.797. The van der Waals surface area contributed by atoms with Crippen LogP contribution in [0.3, 0.4) is 0 Å². The lowest BCUT2D eigenvalue weighted by Gasteiger charge is -2.17. The molecule has 0 atom stereocenters. The summed E-state index contributed by atoms with van der Waals surface area (Å²) < 4.78 is 0. The van der Waals surface area contributed by atoms with E-state index in [2.05, 4.69) is 4.98 Å². The maximum absolute atomic E-state index is 10.6. The molecule has 2 rings (SSSR count). The van der Waals surface area contributed by atoms with Crippen LogP contribution in [0.4, 0.5) is 0 Å². The van der Waals surface area contributed by atoms with Crippen molar-refractivity contribution in [1.82, 2.24) is 9.88 Å². The summed E-state index contributed by atoms with van der Waals surface area (Å²) in [6.07, 6.45) is 1.85. The highest BCUT2D eigenvalue weighted by Crippen LogP contribution is 2.25. The van der Waals surface area contributed by atoms with Gasteiger partial charge in [0.15, 0.2) is 0 Å². The van der Waals surface area contributed by atoms with Crippen molar-refractivity contribution >= 4 is 28.5 Å². The van der Waals surface area contributed by atoms with E-state index in [1.165, 1.54) is 0 Å². The number of fused-ring (bicyclic) bond motifs is 1. The Bertz CT molecular complexity index is 601. The molecule has 1 aromatic carbocycles. The Kier molecular flexibility index (Phi) is 4.35. The Hall–Kier alpha value is -1.65. The third-order valence-electron chi connectivity index (χ3n) is 2.96. The second-order valence-electron chi connectivity index (χ2n) is 4.48. The topological polar surface area (TPSA) is 53.4 Å². The number of carboxylic acid groups (broad SMARTS) is 1. The molecule has 5 heteroatoms. The molecule has 19 heavy (non-hydrogen) atoms. The molecule has 0 spiro atoms. The van der Waals surface area contributed by atoms with Gasteiger partial charge in [-0.05, 0) is 19.2 Å². The first-order valence-corrected chi connectivity index (χ1v) is 6.38. The number of pyridine rings is 1. The fourth-order valence-corrected chi connectivity index (χ4v) is 2.18. The predicted octanol–water partition coefficient (Wildman–Crippen LogP) is 2.79. The molecule has 0 radical (unpaired) electrons. The van der Waals surface area contributed by atoms with Gasteiger partial charge in [-0.3, -0.25) is 9.78 Å². The van der Waals surface area contributed by atoms with Crippen LogP contribution in [0, 0.1) is 0 Å². The molecule has 0 fully saturated rings. The van der Waals surface area contributed by atoms with E-state index in [1.54, 1.807) is 6.20 Å². The quantitative estimate of drug-likeness (QED) is 0.914. The van der Waals surface area contributed by atoms with Crippen molar-refractivity contribution in [3.8, 4) is 0 Å². The first kappa shape index (κ1) is 13.8. The number of hydrogen-bond donors (Lipinski definition) is 1. The molecule has 0 saturated carbocycles. The molecule has 1 heterocycles. The van der Waals surface area contributed by atoms with Crippen molar-refractivity contribution in [3.05, 3.63) is 41.0 Å². The predicted molar refractivity (Wildman–Crippen MR) is 75.3 cm³/mol. The van der Waals surface area contributed by atoms with E-state index < -0.39 is 5.97 Å². The molecule has 0 aliphatic carbocycles. The number of aromatic nitrogens is 1. The highest BCUT2D eigenvalue weighted by molar-refractivity contribution is 6.32. The monoisotopic (exact) mass is 278 g/mol. The molecule has 0 saturated heterocycles. The lowest BCUT2D eigenvalue weighted by atomic mass is 10.1. The molecular weight excluding hydrogens is 264 g/mol. The zero-order valence-corrected chi connectivity index (χ0v) is 11.4. The van der Waals surface area contributed by atoms with Crippen molar-refractivity contribution in [1.29, 1.82) is 0 Å². The average Bonchev–Trinajstić information content (AvgIpc) is 2.40. The van der Waals surface area contributed by atoms with Gasteiger partial charge in [0.25, 0.3) is 0 Å². The van der Waals surface area contributed by atoms with Crippen LogP contribution in [0.5, 0.6) is 0 Å². The normalized spacial score (nSPS) is 11.1. The number of halogens is 1. The minimum Gasteiger partial charge on any atom is -0.481 e. The molecule has 1 aromatic heterocycles. The summed E-state index contributed by atoms with van der Waals surface area (Å²) in [5.41, 5.74) is 1.81. The number of hydrogen-bond acceptors (Lipinski definition) is 3. The zero-order valence-electron chi connectivity index (χ0n) is 10.6. The van der Waals surface area contributed by atoms with Gasteiger partial charge in [-0.1, -0.05) is 23.7 Å². The van der Waals surface area contributed by atoms with E-state index in [0.29, 0.717) is 18.1 Å². The molecule has 2 aromatic rings. The van der Waals surface area contributed by atoms with Gasteiger partial charge in [-0.15, -0.1) is 0 Å². The van der Waals surface area contributed by atoms with Gasteiger partial charge < -0.3 is 10.0 Å². The van der Waals surface area contributed by atoms with Crippen LogP contribution < -0.4 is 0 Å². The SMILES string of the molecule is CN(CCC(=O)O)Cc1c(Cl)ccc2cccnc12. The number of nitrogens with zero attached hydrogens (tertiary/aromatic N) is 2. The van der Waals surface area contributed by atoms with Gasteiger partial charge >= 0.3 is 5.97 Å². The Labute approximate surface area is 116 Å². The van der Waals surface area contributed by atoms with Gasteiger partial charge in [-0.25, -0.2) is 0 Å². The van der Waals surface area contributed by atoms with E-state index in [0.717, 1.165) is 16.5 Å². The summed E-state index contributed by atoms with van der Waals surface area (Å²) in [6, 6.07) is 7.66. The number of carbonyl (C=O) groups is 1. The van der Waals surface area contributed by atoms with Crippen molar-refractivity contribution in [2.24, 2.45) is 0 Å². The molecule has 100 valence electrons. The molecule has 0 bridgehead atoms. The molecule has 4 nitrogen and oxygen atoms in total. The smallest absolute Gasteiger partial charge is 0.304 e. The van der Waals surface area contributed by atoms with Crippen LogP contribution >= 0.6 is 11.6 Å². The second kappa shape index (κ2) is 5.99. The third kappa shape index (κ3) is 3.43. The summed E-state index contributed by atoms with van der Waals surface area (Å²) in [4.78, 5) is 16.9. The summed E-state index contributed by atoms with van der Waals surface area (Å²) in [5.74, 6) is -0.797. The van der Waals surface area contributed by atoms with Gasteiger partial charge in [0.05, 0.1) is 11.9 Å². The van der Waals surface area contributed by atoms with E-state index in [1.807, 2.05) is 36.2 Å². The Morgan fingerprint density at radius 1 is 1.42 bits per heavy atom. The van der Waals surface area contributed by atoms with Crippen LogP contribution in [0.1, 0.15) is 12.0 Å². The van der Waals surface area contributed by atoms with Crippen LogP contribution in [0.25, 0.3) is 10.9 Å². The Morgan fingerprint density at radius 3 is 2.95 bits per heavy atom. The second-order valence-corrected chi connectivity index (χ2v) is 4.89. The number of rotatable bonds is 5. The van der Waals surface area contributed by atoms with Crippen molar-refractivity contribution < 1.29 is 9.90 Å². The Morgan fingerprint density at radius 2 is 2.21 bits per heavy atom. The van der Waals surface area contributed by atoms with Crippen molar-refractivity contribution in [2.45, 2.75) is 13.0 Å². The average molecular weight is 279 g/mol. The van der Waals surface area contributed by atoms with Crippen molar-refractivity contribution in [3.63, 3.8) is 0 Å². The van der Waals surface area contributed by atoms with E-state index >= 15 is 0 Å². The minimum absolute atomic E-state index is 0.117. The Balaban J connectivity index is 2.24. The molecule has 0 aliphatic heterocycles. The van der Waals surface area contributed by atoms with Gasteiger partial charge in [-0.2, -0.15) is 0 Å². The van der Waals surface area contributed by atoms with Crippen LogP contribution in [0.15, 0.2) is 30.5 Å². The highest BCUT2D eigenvalue weighted by Gasteiger charge is 2.10. The lowest BCUT2D eigenvalue weighted by Crippen LogP contribution is -2.21. The summed E-state index contributed by atoms with van der Waals surface area (Å²) in [6.45, 7) is 1.06. The summed E-state index contributed by atoms with van der Waals surface area (Å²) in [5, 5.41) is 10.4. The number of carboxylic acids is 1. The van der Waals surface area contributed by atoms with E-state index in [9.17, 15) is 4.79 Å². The fourth-order valence-electron chi connectivity index (χ4n) is 1.97. The van der Waals surface area contributed by atoms with Crippen LogP contribution in [0.2, 0.25) is 5.02 Å². The standard InChI is InChI=1S/C14H15ClN2O2/c1-17(8-6-13(18)19)9-11-12(15)5-4-10-3-2-7-16-14(10)11/h2-5,7H,6,8-9H2,1H3,(H,18,19). The molecule has 0 aliphatic rings. The molecule has 0 unspecified atom stereocenters. The van der Waals surface area contributed by atoms with E-state index in [-0.39, 0.29) is 6.42 Å². The summed E-state index contributed by atoms with van der Waals surface area (Å²) in [7, 11) is 1.88. The maximum atomic E-state index is 10.6.